The average Bonchev–Trinajstić information content (AvgIpc) is 3.37. The lowest BCUT2D eigenvalue weighted by atomic mass is 10.0. The number of carboxylic acid groups (broad SMARTS) is 4. The molecule has 2 rings (SSSR count). The SMILES string of the molecule is CC(C)C[C@H](NC(=O)[C@H](CC(N)=O)NC(=O)[C@H](CO)NC(=O)[C@H](CC(=O)O)NC(=O)[C@H](CC(N)=O)NC(=O)[C@H](CCC(=O)O)NC(=O)[C@H](Cc1ccc(O)cc1)NC(=O)[C@H](Cc1ccccc1)NC(=O)[C@@H](N)CCC(=O)O)C(=O)O. The van der Waals surface area contributed by atoms with Gasteiger partial charge in [0.15, 0.2) is 0 Å². The Balaban J connectivity index is 2.48. The van der Waals surface area contributed by atoms with Crippen LogP contribution in [0.15, 0.2) is 54.6 Å². The Bertz CT molecular complexity index is 2570. The number of benzene rings is 2. The number of carbonyl (C=O) groups excluding carboxylic acids is 10. The fourth-order valence-electron chi connectivity index (χ4n) is 7.36. The van der Waals surface area contributed by atoms with Gasteiger partial charge in [-0.25, -0.2) is 4.79 Å². The van der Waals surface area contributed by atoms with Crippen LogP contribution in [0.4, 0.5) is 0 Å². The van der Waals surface area contributed by atoms with Crippen LogP contribution in [-0.4, -0.2) is 175 Å². The largest absolute Gasteiger partial charge is 0.508 e. The molecule has 0 aromatic heterocycles. The highest BCUT2D eigenvalue weighted by Crippen LogP contribution is 2.14. The number of rotatable bonds is 36. The summed E-state index contributed by atoms with van der Waals surface area (Å²) in [5.74, 6) is -19.0. The molecule has 0 radical (unpaired) electrons. The Morgan fingerprint density at radius 2 is 0.800 bits per heavy atom. The number of nitrogens with two attached hydrogens (primary N) is 3. The number of nitrogens with one attached hydrogen (secondary N) is 8. The molecular weight excluding hydrogens is 1060 g/mol. The van der Waals surface area contributed by atoms with Crippen LogP contribution in [0.1, 0.15) is 76.3 Å². The molecule has 0 unspecified atom stereocenters. The van der Waals surface area contributed by atoms with Gasteiger partial charge in [-0.15, -0.1) is 0 Å². The predicted molar refractivity (Wildman–Crippen MR) is 273 cm³/mol. The normalized spacial score (nSPS) is 14.3. The molecule has 0 saturated carbocycles. The van der Waals surface area contributed by atoms with Gasteiger partial charge in [-0.1, -0.05) is 56.3 Å². The van der Waals surface area contributed by atoms with Gasteiger partial charge in [0.05, 0.1) is 31.9 Å². The fourth-order valence-corrected chi connectivity index (χ4v) is 7.36. The summed E-state index contributed by atoms with van der Waals surface area (Å²) in [6.07, 6.45) is -6.38. The first-order valence-corrected chi connectivity index (χ1v) is 24.6. The van der Waals surface area contributed by atoms with Crippen molar-refractivity contribution in [1.82, 2.24) is 42.5 Å². The molecule has 2 aromatic rings. The number of phenolic OH excluding ortho intramolecular Hbond substituents is 1. The molecule has 0 saturated heterocycles. The first-order chi connectivity index (χ1) is 37.5. The van der Waals surface area contributed by atoms with Gasteiger partial charge in [0, 0.05) is 25.7 Å². The van der Waals surface area contributed by atoms with Crippen molar-refractivity contribution in [3.05, 3.63) is 65.7 Å². The highest BCUT2D eigenvalue weighted by atomic mass is 16.4. The summed E-state index contributed by atoms with van der Waals surface area (Å²) < 4.78 is 0. The number of carbonyl (C=O) groups is 14. The molecular formula is C49H67N11O20. The molecule has 0 aliphatic carbocycles. The van der Waals surface area contributed by atoms with Crippen molar-refractivity contribution in [2.75, 3.05) is 6.61 Å². The van der Waals surface area contributed by atoms with Gasteiger partial charge < -0.3 is 90.4 Å². The van der Waals surface area contributed by atoms with Crippen LogP contribution in [0, 0.1) is 5.92 Å². The topological polar surface area (TPSA) is 535 Å². The Morgan fingerprint density at radius 3 is 1.23 bits per heavy atom. The van der Waals surface area contributed by atoms with Gasteiger partial charge in [-0.3, -0.25) is 62.3 Å². The van der Waals surface area contributed by atoms with Gasteiger partial charge >= 0.3 is 23.9 Å². The number of aliphatic carboxylic acids is 4. The molecule has 10 amide bonds. The molecule has 2 aromatic carbocycles. The van der Waals surface area contributed by atoms with E-state index in [2.05, 4.69) is 26.6 Å². The monoisotopic (exact) mass is 1130 g/mol. The second-order valence-corrected chi connectivity index (χ2v) is 18.6. The lowest BCUT2D eigenvalue weighted by Crippen LogP contribution is -2.61. The van der Waals surface area contributed by atoms with E-state index in [0.717, 1.165) is 0 Å². The van der Waals surface area contributed by atoms with Gasteiger partial charge in [0.25, 0.3) is 0 Å². The lowest BCUT2D eigenvalue weighted by Gasteiger charge is -2.27. The minimum absolute atomic E-state index is 0.0831. The summed E-state index contributed by atoms with van der Waals surface area (Å²) in [6, 6.07) is -2.96. The van der Waals surface area contributed by atoms with E-state index in [0.29, 0.717) is 11.1 Å². The number of aliphatic hydroxyl groups is 1. The highest BCUT2D eigenvalue weighted by Gasteiger charge is 2.37. The number of aromatic hydroxyl groups is 1. The Kier molecular flexibility index (Phi) is 27.7. The molecule has 0 aliphatic rings. The van der Waals surface area contributed by atoms with Crippen molar-refractivity contribution >= 4 is 82.9 Å². The van der Waals surface area contributed by atoms with Crippen LogP contribution < -0.4 is 59.7 Å². The maximum Gasteiger partial charge on any atom is 0.326 e. The molecule has 0 bridgehead atoms. The van der Waals surface area contributed by atoms with Crippen molar-refractivity contribution in [1.29, 1.82) is 0 Å². The van der Waals surface area contributed by atoms with E-state index < -0.39 is 189 Å². The third kappa shape index (κ3) is 24.8. The summed E-state index contributed by atoms with van der Waals surface area (Å²) >= 11 is 0. The van der Waals surface area contributed by atoms with Crippen LogP contribution in [-0.2, 0) is 80.0 Å². The lowest BCUT2D eigenvalue weighted by molar-refractivity contribution is -0.143. The number of carboxylic acids is 4. The standard InChI is InChI=1S/C49H67N11O20/c1-23(2)16-34(49(79)80)59-46(76)32(20-37(52)64)57-48(78)35(22-61)60-47(77)33(21-40(69)70)58-45(75)31(19-36(51)63)56-42(72)28(13-15-39(67)68)53-43(73)30(18-25-8-10-26(62)11-9-25)55-44(74)29(17-24-6-4-3-5-7-24)54-41(71)27(50)12-14-38(65)66/h3-11,23,27-35,61-62H,12-22,50H2,1-2H3,(H2,51,63)(H2,52,64)(H,53,73)(H,54,71)(H,55,74)(H,56,72)(H,57,78)(H,58,75)(H,59,76)(H,60,77)(H,65,66)(H,67,68)(H,69,70)(H,79,80)/t27-,28-,29-,30-,31-,32-,33-,34-,35-/m0/s1. The van der Waals surface area contributed by atoms with Crippen molar-refractivity contribution in [3.63, 3.8) is 0 Å². The zero-order valence-electron chi connectivity index (χ0n) is 43.4. The second-order valence-electron chi connectivity index (χ2n) is 18.6. The average molecular weight is 1130 g/mol. The molecule has 20 N–H and O–H groups in total. The number of primary amides is 2. The van der Waals surface area contributed by atoms with E-state index in [-0.39, 0.29) is 30.9 Å². The van der Waals surface area contributed by atoms with Gasteiger partial charge in [-0.2, -0.15) is 0 Å². The molecule has 31 heteroatoms. The Labute approximate surface area is 455 Å². The number of hydrogen-bond acceptors (Lipinski definition) is 17. The first-order valence-electron chi connectivity index (χ1n) is 24.6. The van der Waals surface area contributed by atoms with Crippen LogP contribution >= 0.6 is 0 Å². The summed E-state index contributed by atoms with van der Waals surface area (Å²) in [7, 11) is 0. The summed E-state index contributed by atoms with van der Waals surface area (Å²) in [5, 5.41) is 75.3. The zero-order chi connectivity index (χ0) is 60.4. The van der Waals surface area contributed by atoms with Gasteiger partial charge in [-0.05, 0) is 48.4 Å². The van der Waals surface area contributed by atoms with Crippen LogP contribution in [0.25, 0.3) is 0 Å². The molecule has 0 aliphatic heterocycles. The molecule has 438 valence electrons. The molecule has 31 nitrogen and oxygen atoms in total. The van der Waals surface area contributed by atoms with E-state index in [4.69, 9.17) is 22.3 Å². The van der Waals surface area contributed by atoms with Crippen LogP contribution in [0.3, 0.4) is 0 Å². The van der Waals surface area contributed by atoms with E-state index >= 15 is 0 Å². The third-order valence-corrected chi connectivity index (χ3v) is 11.4. The summed E-state index contributed by atoms with van der Waals surface area (Å²) in [4.78, 5) is 180. The molecule has 9 atom stereocenters. The van der Waals surface area contributed by atoms with Crippen molar-refractivity contribution < 1.29 is 97.8 Å². The molecule has 0 spiro atoms. The van der Waals surface area contributed by atoms with E-state index in [1.165, 1.54) is 24.3 Å². The van der Waals surface area contributed by atoms with Crippen molar-refractivity contribution in [3.8, 4) is 5.75 Å². The van der Waals surface area contributed by atoms with E-state index in [1.807, 2.05) is 16.0 Å². The molecule has 0 fully saturated rings. The number of phenols is 1. The Morgan fingerprint density at radius 1 is 0.438 bits per heavy atom. The minimum atomic E-state index is -2.21. The third-order valence-electron chi connectivity index (χ3n) is 11.4. The van der Waals surface area contributed by atoms with Crippen molar-refractivity contribution in [2.24, 2.45) is 23.1 Å². The second kappa shape index (κ2) is 33.1. The van der Waals surface area contributed by atoms with Crippen molar-refractivity contribution in [2.45, 2.75) is 132 Å². The first kappa shape index (κ1) is 66.9. The zero-order valence-corrected chi connectivity index (χ0v) is 43.4. The number of hydrogen-bond donors (Lipinski definition) is 17. The molecule has 0 heterocycles. The fraction of sp³-hybridized carbons (Fsp3) is 0.469. The number of amides is 10. The predicted octanol–water partition coefficient (Wildman–Crippen LogP) is -5.54. The van der Waals surface area contributed by atoms with Crippen LogP contribution in [0.5, 0.6) is 5.75 Å². The summed E-state index contributed by atoms with van der Waals surface area (Å²) in [5.41, 5.74) is 17.3. The molecule has 80 heavy (non-hydrogen) atoms. The minimum Gasteiger partial charge on any atom is -0.508 e. The Hall–Kier alpha value is -9.26. The quantitative estimate of drug-likeness (QED) is 0.0303. The van der Waals surface area contributed by atoms with Gasteiger partial charge in [0.2, 0.25) is 59.1 Å². The van der Waals surface area contributed by atoms with E-state index in [9.17, 15) is 92.7 Å². The summed E-state index contributed by atoms with van der Waals surface area (Å²) in [6.45, 7) is 2.01. The van der Waals surface area contributed by atoms with Gasteiger partial charge in [0.1, 0.15) is 54.1 Å². The maximum absolute atomic E-state index is 14.3. The highest BCUT2D eigenvalue weighted by molar-refractivity contribution is 6.00. The smallest absolute Gasteiger partial charge is 0.326 e. The number of aliphatic hydroxyl groups excluding tert-OH is 1. The van der Waals surface area contributed by atoms with Crippen LogP contribution in [0.2, 0.25) is 0 Å². The van der Waals surface area contributed by atoms with E-state index in [1.54, 1.807) is 44.2 Å². The maximum atomic E-state index is 14.3.